The minimum Gasteiger partial charge on any atom is -0.457 e. The molecule has 1 aliphatic rings. The van der Waals surface area contributed by atoms with Crippen molar-refractivity contribution >= 4 is 22.9 Å². The smallest absolute Gasteiger partial charge is 0.150 e. The highest BCUT2D eigenvalue weighted by Crippen LogP contribution is 2.41. The molecule has 5 nitrogen and oxygen atoms in total. The van der Waals surface area contributed by atoms with Crippen LogP contribution in [0.25, 0.3) is 16.8 Å². The number of halogens is 1. The van der Waals surface area contributed by atoms with Crippen molar-refractivity contribution in [1.29, 1.82) is 0 Å². The molecule has 0 atom stereocenters. The lowest BCUT2D eigenvalue weighted by molar-refractivity contribution is 0.400. The Balaban J connectivity index is 1.58. The topological polar surface area (TPSA) is 65.4 Å². The third-order valence-electron chi connectivity index (χ3n) is 5.26. The number of benzene rings is 2. The maximum atomic E-state index is 6.63. The number of fused-ring (bicyclic) bond motifs is 1. The van der Waals surface area contributed by atoms with Crippen LogP contribution >= 0.6 is 11.6 Å². The van der Waals surface area contributed by atoms with Gasteiger partial charge in [0.15, 0.2) is 0 Å². The van der Waals surface area contributed by atoms with Crippen molar-refractivity contribution in [3.63, 3.8) is 0 Å². The molecule has 0 aliphatic heterocycles. The quantitative estimate of drug-likeness (QED) is 0.486. The molecule has 1 aliphatic carbocycles. The van der Waals surface area contributed by atoms with Crippen LogP contribution in [0, 0.1) is 0 Å². The van der Waals surface area contributed by atoms with Crippen molar-refractivity contribution < 1.29 is 4.74 Å². The van der Waals surface area contributed by atoms with Gasteiger partial charge in [0.25, 0.3) is 0 Å². The number of anilines is 1. The maximum Gasteiger partial charge on any atom is 0.150 e. The predicted molar refractivity (Wildman–Crippen MR) is 111 cm³/mol. The second kappa shape index (κ2) is 6.84. The van der Waals surface area contributed by atoms with Crippen LogP contribution in [0.1, 0.15) is 31.0 Å². The summed E-state index contributed by atoms with van der Waals surface area (Å²) in [6.07, 6.45) is 7.18. The van der Waals surface area contributed by atoms with Gasteiger partial charge < -0.3 is 10.5 Å². The van der Waals surface area contributed by atoms with Gasteiger partial charge in [-0.25, -0.2) is 9.97 Å². The molecule has 0 spiro atoms. The summed E-state index contributed by atoms with van der Waals surface area (Å²) in [5.74, 6) is 3.39. The zero-order valence-electron chi connectivity index (χ0n) is 15.2. The van der Waals surface area contributed by atoms with E-state index in [4.69, 9.17) is 27.1 Å². The lowest BCUT2D eigenvalue weighted by atomic mass is 9.85. The van der Waals surface area contributed by atoms with Gasteiger partial charge in [0.1, 0.15) is 34.4 Å². The van der Waals surface area contributed by atoms with Crippen LogP contribution in [-0.2, 0) is 0 Å². The Hall–Kier alpha value is -3.05. The van der Waals surface area contributed by atoms with Crippen molar-refractivity contribution in [3.8, 4) is 22.8 Å². The molecule has 6 heteroatoms. The van der Waals surface area contributed by atoms with Crippen LogP contribution < -0.4 is 10.5 Å². The summed E-state index contributed by atoms with van der Waals surface area (Å²) in [4.78, 5) is 9.20. The lowest BCUT2D eigenvalue weighted by Crippen LogP contribution is -2.12. The largest absolute Gasteiger partial charge is 0.457 e. The summed E-state index contributed by atoms with van der Waals surface area (Å²) >= 11 is 6.63. The van der Waals surface area contributed by atoms with Crippen molar-refractivity contribution in [3.05, 3.63) is 71.8 Å². The average molecular weight is 391 g/mol. The van der Waals surface area contributed by atoms with Gasteiger partial charge >= 0.3 is 0 Å². The fourth-order valence-corrected chi connectivity index (χ4v) is 3.87. The molecule has 0 amide bonds. The molecule has 2 N–H and O–H groups in total. The molecule has 4 aromatic rings. The molecule has 28 heavy (non-hydrogen) atoms. The van der Waals surface area contributed by atoms with Gasteiger partial charge in [0.2, 0.25) is 0 Å². The third kappa shape index (κ3) is 2.88. The number of para-hydroxylation sites is 1. The van der Waals surface area contributed by atoms with Gasteiger partial charge in [0.05, 0.1) is 5.02 Å². The highest BCUT2D eigenvalue weighted by Gasteiger charge is 2.27. The Bertz CT molecular complexity index is 1150. The fourth-order valence-electron chi connectivity index (χ4n) is 3.61. The number of aromatic nitrogens is 3. The number of rotatable bonds is 4. The van der Waals surface area contributed by atoms with E-state index in [-0.39, 0.29) is 0 Å². The number of nitrogens with zero attached hydrogens (tertiary/aromatic N) is 3. The van der Waals surface area contributed by atoms with E-state index in [1.54, 1.807) is 6.20 Å². The van der Waals surface area contributed by atoms with E-state index in [2.05, 4.69) is 9.38 Å². The number of ether oxygens (including phenoxy) is 1. The molecular formula is C22H19ClN4O. The first-order chi connectivity index (χ1) is 13.7. The Morgan fingerprint density at radius 1 is 1.07 bits per heavy atom. The van der Waals surface area contributed by atoms with Crippen LogP contribution in [0.2, 0.25) is 5.02 Å². The molecule has 5 rings (SSSR count). The summed E-state index contributed by atoms with van der Waals surface area (Å²) < 4.78 is 7.95. The standard InChI is InChI=1S/C22H19ClN4O/c23-18-13-16(28-15-7-2-1-3-8-15)9-10-17(18)19-20-21(24)25-11-12-27(20)22(26-19)14-5-4-6-14/h1-3,7-14H,4-6H2,(H2,24,25). The Kier molecular flexibility index (Phi) is 4.17. The Labute approximate surface area is 167 Å². The highest BCUT2D eigenvalue weighted by molar-refractivity contribution is 6.33. The van der Waals surface area contributed by atoms with Gasteiger partial charge in [-0.05, 0) is 37.1 Å². The molecule has 2 heterocycles. The molecule has 1 saturated carbocycles. The van der Waals surface area contributed by atoms with Gasteiger partial charge in [-0.15, -0.1) is 0 Å². The molecule has 0 radical (unpaired) electrons. The van der Waals surface area contributed by atoms with E-state index in [0.29, 0.717) is 22.5 Å². The third-order valence-corrected chi connectivity index (χ3v) is 5.57. The summed E-state index contributed by atoms with van der Waals surface area (Å²) in [7, 11) is 0. The fraction of sp³-hybridized carbons (Fsp3) is 0.182. The Morgan fingerprint density at radius 2 is 1.89 bits per heavy atom. The molecule has 1 fully saturated rings. The molecule has 2 aromatic heterocycles. The van der Waals surface area contributed by atoms with Gasteiger partial charge in [-0.2, -0.15) is 0 Å². The molecule has 2 aromatic carbocycles. The lowest BCUT2D eigenvalue weighted by Gasteiger charge is -2.23. The van der Waals surface area contributed by atoms with Crippen LogP contribution in [0.5, 0.6) is 11.5 Å². The minimum absolute atomic E-state index is 0.455. The van der Waals surface area contributed by atoms with Crippen molar-refractivity contribution in [2.45, 2.75) is 25.2 Å². The number of hydrogen-bond donors (Lipinski definition) is 1. The van der Waals surface area contributed by atoms with Crippen molar-refractivity contribution in [2.75, 3.05) is 5.73 Å². The zero-order chi connectivity index (χ0) is 19.1. The number of nitrogens with two attached hydrogens (primary N) is 1. The van der Waals surface area contributed by atoms with Crippen molar-refractivity contribution in [2.24, 2.45) is 0 Å². The first-order valence-corrected chi connectivity index (χ1v) is 9.74. The first-order valence-electron chi connectivity index (χ1n) is 9.36. The molecule has 140 valence electrons. The highest BCUT2D eigenvalue weighted by atomic mass is 35.5. The molecule has 0 bridgehead atoms. The van der Waals surface area contributed by atoms with Crippen LogP contribution in [0.3, 0.4) is 0 Å². The van der Waals surface area contributed by atoms with E-state index in [1.807, 2.05) is 54.7 Å². The van der Waals surface area contributed by atoms with E-state index >= 15 is 0 Å². The SMILES string of the molecule is Nc1nccn2c(C3CCC3)nc(-c3ccc(Oc4ccccc4)cc3Cl)c12. The van der Waals surface area contributed by atoms with Crippen LogP contribution in [-0.4, -0.2) is 14.4 Å². The Morgan fingerprint density at radius 3 is 2.61 bits per heavy atom. The van der Waals surface area contributed by atoms with Crippen molar-refractivity contribution in [1.82, 2.24) is 14.4 Å². The number of nitrogen functional groups attached to an aromatic ring is 1. The summed E-state index contributed by atoms with van der Waals surface area (Å²) in [6, 6.07) is 15.3. The van der Waals surface area contributed by atoms with Gasteiger partial charge in [-0.3, -0.25) is 4.40 Å². The zero-order valence-corrected chi connectivity index (χ0v) is 15.9. The predicted octanol–water partition coefficient (Wildman–Crippen LogP) is 5.69. The average Bonchev–Trinajstić information content (AvgIpc) is 3.02. The van der Waals surface area contributed by atoms with Gasteiger partial charge in [0, 0.05) is 29.9 Å². The monoisotopic (exact) mass is 390 g/mol. The van der Waals surface area contributed by atoms with E-state index in [0.717, 1.165) is 41.2 Å². The maximum absolute atomic E-state index is 6.63. The van der Waals surface area contributed by atoms with E-state index < -0.39 is 0 Å². The van der Waals surface area contributed by atoms with E-state index in [9.17, 15) is 0 Å². The second-order valence-corrected chi connectivity index (χ2v) is 7.44. The molecule has 0 unspecified atom stereocenters. The van der Waals surface area contributed by atoms with Crippen LogP contribution in [0.4, 0.5) is 5.82 Å². The number of imidazole rings is 1. The summed E-state index contributed by atoms with van der Waals surface area (Å²) in [5.41, 5.74) is 8.61. The first kappa shape index (κ1) is 17.1. The molecular weight excluding hydrogens is 372 g/mol. The van der Waals surface area contributed by atoms with Crippen LogP contribution in [0.15, 0.2) is 60.9 Å². The summed E-state index contributed by atoms with van der Waals surface area (Å²) in [5, 5.41) is 0.567. The molecule has 0 saturated heterocycles. The van der Waals surface area contributed by atoms with Gasteiger partial charge in [-0.1, -0.05) is 36.2 Å². The second-order valence-electron chi connectivity index (χ2n) is 7.03. The summed E-state index contributed by atoms with van der Waals surface area (Å²) in [6.45, 7) is 0. The minimum atomic E-state index is 0.455. The number of hydrogen-bond acceptors (Lipinski definition) is 4. The normalized spacial score (nSPS) is 14.2. The van der Waals surface area contributed by atoms with E-state index in [1.165, 1.54) is 6.42 Å².